The zero-order valence-electron chi connectivity index (χ0n) is 15.2. The molecule has 0 saturated carbocycles. The van der Waals surface area contributed by atoms with Crippen LogP contribution < -0.4 is 15.8 Å². The van der Waals surface area contributed by atoms with Gasteiger partial charge >= 0.3 is 0 Å². The molecular formula is C19H23N6O2+. The Hall–Kier alpha value is -2.97. The fourth-order valence-electron chi connectivity index (χ4n) is 3.40. The average molecular weight is 367 g/mol. The zero-order valence-corrected chi connectivity index (χ0v) is 15.2. The maximum absolute atomic E-state index is 8.73. The molecule has 1 aromatic carbocycles. The predicted molar refractivity (Wildman–Crippen MR) is 103 cm³/mol. The normalized spacial score (nSPS) is 15.1. The second-order valence-corrected chi connectivity index (χ2v) is 6.65. The van der Waals surface area contributed by atoms with Gasteiger partial charge in [-0.3, -0.25) is 10.7 Å². The van der Waals surface area contributed by atoms with E-state index in [2.05, 4.69) is 20.3 Å². The molecule has 0 radical (unpaired) electrons. The van der Waals surface area contributed by atoms with Gasteiger partial charge in [0.1, 0.15) is 23.5 Å². The summed E-state index contributed by atoms with van der Waals surface area (Å²) in [4.78, 5) is 11.8. The van der Waals surface area contributed by atoms with Gasteiger partial charge in [-0.15, -0.1) is 0 Å². The second-order valence-electron chi connectivity index (χ2n) is 6.65. The van der Waals surface area contributed by atoms with Crippen molar-refractivity contribution in [2.75, 3.05) is 26.1 Å². The number of rotatable bonds is 5. The van der Waals surface area contributed by atoms with Crippen LogP contribution in [0.3, 0.4) is 0 Å². The number of quaternary nitrogens is 1. The summed E-state index contributed by atoms with van der Waals surface area (Å²) in [6.07, 6.45) is 3.35. The molecule has 140 valence electrons. The Kier molecular flexibility index (Phi) is 4.74. The number of ether oxygens (including phenoxy) is 2. The number of nitrogen functional groups attached to an aromatic ring is 1. The summed E-state index contributed by atoms with van der Waals surface area (Å²) in [6, 6.07) is 8.06. The highest BCUT2D eigenvalue weighted by Crippen LogP contribution is 2.24. The number of aromatic amines is 1. The van der Waals surface area contributed by atoms with E-state index >= 15 is 0 Å². The fraction of sp³-hybridized carbons (Fsp3) is 0.316. The molecule has 0 amide bonds. The molecule has 1 fully saturated rings. The van der Waals surface area contributed by atoms with Crippen molar-refractivity contribution in [3.8, 4) is 5.75 Å². The van der Waals surface area contributed by atoms with Gasteiger partial charge in [-0.1, -0.05) is 0 Å². The average Bonchev–Trinajstić information content (AvgIpc) is 3.12. The zero-order chi connectivity index (χ0) is 18.8. The van der Waals surface area contributed by atoms with Crippen LogP contribution in [0.2, 0.25) is 0 Å². The van der Waals surface area contributed by atoms with Crippen LogP contribution in [-0.2, 0) is 4.74 Å². The van der Waals surface area contributed by atoms with Crippen molar-refractivity contribution >= 4 is 28.3 Å². The monoisotopic (exact) mass is 367 g/mol. The number of nitrogens with two attached hydrogens (primary N) is 2. The maximum Gasteiger partial charge on any atom is 0.239 e. The van der Waals surface area contributed by atoms with Gasteiger partial charge in [0, 0.05) is 29.8 Å². The van der Waals surface area contributed by atoms with E-state index in [1.165, 1.54) is 6.33 Å². The number of benzene rings is 1. The van der Waals surface area contributed by atoms with Crippen molar-refractivity contribution < 1.29 is 14.8 Å². The number of hydrogen-bond acceptors (Lipinski definition) is 6. The van der Waals surface area contributed by atoms with Gasteiger partial charge in [0.2, 0.25) is 5.82 Å². The molecule has 8 heteroatoms. The van der Waals surface area contributed by atoms with Gasteiger partial charge in [0.15, 0.2) is 0 Å². The summed E-state index contributed by atoms with van der Waals surface area (Å²) in [5, 5.41) is 11.8. The van der Waals surface area contributed by atoms with Gasteiger partial charge in [-0.2, -0.15) is 4.98 Å². The van der Waals surface area contributed by atoms with Crippen molar-refractivity contribution in [2.45, 2.75) is 18.9 Å². The van der Waals surface area contributed by atoms with Crippen molar-refractivity contribution in [3.63, 3.8) is 0 Å². The van der Waals surface area contributed by atoms with Gasteiger partial charge in [0.25, 0.3) is 0 Å². The van der Waals surface area contributed by atoms with Crippen LogP contribution >= 0.6 is 0 Å². The highest BCUT2D eigenvalue weighted by molar-refractivity contribution is 6.16. The number of fused-ring (bicyclic) bond motifs is 1. The molecule has 4 rings (SSSR count). The molecule has 0 spiro atoms. The summed E-state index contributed by atoms with van der Waals surface area (Å²) in [5.74, 6) is 1.78. The number of methoxy groups -OCH3 is 1. The van der Waals surface area contributed by atoms with E-state index in [0.717, 1.165) is 42.7 Å². The van der Waals surface area contributed by atoms with Crippen molar-refractivity contribution in [1.82, 2.24) is 15.0 Å². The Morgan fingerprint density at radius 2 is 2.11 bits per heavy atom. The standard InChI is InChI=1S/C19H22N6O2/c1-26-13-3-2-11-8-15(25-14(11)9-13)17(20)16-18(21)22-10-23-19(16)24-12-4-6-27-7-5-12/h2-3,8-10,12,20,25H,4-7H2,1H3,(H3,21,22,23,24)/p+1. The van der Waals surface area contributed by atoms with E-state index in [-0.39, 0.29) is 5.71 Å². The van der Waals surface area contributed by atoms with E-state index < -0.39 is 0 Å². The largest absolute Gasteiger partial charge is 0.497 e. The minimum atomic E-state index is 0.279. The van der Waals surface area contributed by atoms with Crippen LogP contribution in [0.1, 0.15) is 24.1 Å². The Labute approximate surface area is 156 Å². The highest BCUT2D eigenvalue weighted by atomic mass is 16.5. The van der Waals surface area contributed by atoms with Crippen LogP contribution in [0.5, 0.6) is 5.75 Å². The minimum absolute atomic E-state index is 0.279. The number of hydrogen-bond donors (Lipinski definition) is 4. The van der Waals surface area contributed by atoms with Crippen LogP contribution in [-0.4, -0.2) is 47.0 Å². The summed E-state index contributed by atoms with van der Waals surface area (Å²) in [6.45, 7) is 1.50. The first-order valence-electron chi connectivity index (χ1n) is 8.95. The van der Waals surface area contributed by atoms with Gasteiger partial charge < -0.3 is 20.2 Å². The van der Waals surface area contributed by atoms with Crippen LogP contribution in [0.25, 0.3) is 10.9 Å². The molecule has 6 N–H and O–H groups in total. The SMILES string of the molecule is COc1ccc2cc(C(=N)c3c(N)ncnc3[NH2+]C3CCOCC3)[nH]c2c1. The van der Waals surface area contributed by atoms with Crippen LogP contribution in [0.15, 0.2) is 30.6 Å². The van der Waals surface area contributed by atoms with E-state index in [4.69, 9.17) is 20.6 Å². The maximum atomic E-state index is 8.73. The fourth-order valence-corrected chi connectivity index (χ4v) is 3.40. The number of H-pyrrole nitrogens is 1. The van der Waals surface area contributed by atoms with E-state index in [9.17, 15) is 0 Å². The first kappa shape index (κ1) is 17.4. The molecule has 0 atom stereocenters. The lowest BCUT2D eigenvalue weighted by Gasteiger charge is -2.20. The molecule has 3 heterocycles. The number of nitrogens with one attached hydrogen (secondary N) is 2. The van der Waals surface area contributed by atoms with E-state index in [1.54, 1.807) is 7.11 Å². The van der Waals surface area contributed by atoms with Crippen molar-refractivity contribution in [2.24, 2.45) is 0 Å². The Bertz CT molecular complexity index is 977. The molecule has 27 heavy (non-hydrogen) atoms. The topological polar surface area (TPSA) is 127 Å². The summed E-state index contributed by atoms with van der Waals surface area (Å²) in [7, 11) is 1.63. The highest BCUT2D eigenvalue weighted by Gasteiger charge is 2.25. The van der Waals surface area contributed by atoms with Crippen LogP contribution in [0, 0.1) is 5.41 Å². The smallest absolute Gasteiger partial charge is 0.239 e. The molecule has 1 aliphatic rings. The Balaban J connectivity index is 1.68. The number of aromatic nitrogens is 3. The third kappa shape index (κ3) is 3.49. The van der Waals surface area contributed by atoms with E-state index in [1.807, 2.05) is 24.3 Å². The molecule has 0 aliphatic carbocycles. The van der Waals surface area contributed by atoms with Gasteiger partial charge in [0.05, 0.1) is 37.8 Å². The third-order valence-corrected chi connectivity index (χ3v) is 4.91. The van der Waals surface area contributed by atoms with Gasteiger partial charge in [-0.25, -0.2) is 4.98 Å². The second kappa shape index (κ2) is 7.34. The van der Waals surface area contributed by atoms with Crippen molar-refractivity contribution in [3.05, 3.63) is 41.9 Å². The molecule has 8 nitrogen and oxygen atoms in total. The molecule has 2 aromatic heterocycles. The quantitative estimate of drug-likeness (QED) is 0.506. The van der Waals surface area contributed by atoms with E-state index in [0.29, 0.717) is 28.9 Å². The number of anilines is 1. The summed E-state index contributed by atoms with van der Waals surface area (Å²) in [5.41, 5.74) is 8.54. The molecule has 0 bridgehead atoms. The Morgan fingerprint density at radius 1 is 1.30 bits per heavy atom. The lowest BCUT2D eigenvalue weighted by atomic mass is 10.1. The number of nitrogens with zero attached hydrogens (tertiary/aromatic N) is 2. The molecule has 3 aromatic rings. The minimum Gasteiger partial charge on any atom is -0.497 e. The molecule has 1 saturated heterocycles. The lowest BCUT2D eigenvalue weighted by Crippen LogP contribution is -2.86. The first-order chi connectivity index (χ1) is 13.2. The first-order valence-corrected chi connectivity index (χ1v) is 8.95. The molecule has 1 aliphatic heterocycles. The molecular weight excluding hydrogens is 344 g/mol. The Morgan fingerprint density at radius 3 is 2.89 bits per heavy atom. The van der Waals surface area contributed by atoms with Crippen LogP contribution in [0.4, 0.5) is 11.6 Å². The molecule has 0 unspecified atom stereocenters. The lowest BCUT2D eigenvalue weighted by molar-refractivity contribution is -0.619. The summed E-state index contributed by atoms with van der Waals surface area (Å²) >= 11 is 0. The predicted octanol–water partition coefficient (Wildman–Crippen LogP) is 1.34. The van der Waals surface area contributed by atoms with Gasteiger partial charge in [-0.05, 0) is 18.2 Å². The van der Waals surface area contributed by atoms with Crippen molar-refractivity contribution in [1.29, 1.82) is 5.41 Å². The third-order valence-electron chi connectivity index (χ3n) is 4.91. The summed E-state index contributed by atoms with van der Waals surface area (Å²) < 4.78 is 10.7.